The standard InChI is InChI=1S/C12H12Cl2N2OS/c1-6-7(2)15-16(8(6)3)5-10(17)9-4-11(13)18-12(9)14/h4H,5H2,1-3H3. The Morgan fingerprint density at radius 2 is 2.06 bits per heavy atom. The van der Waals surface area contributed by atoms with E-state index in [1.165, 1.54) is 11.3 Å². The highest BCUT2D eigenvalue weighted by Crippen LogP contribution is 2.31. The molecule has 96 valence electrons. The van der Waals surface area contributed by atoms with E-state index in [9.17, 15) is 4.79 Å². The summed E-state index contributed by atoms with van der Waals surface area (Å²) in [6.07, 6.45) is 0. The van der Waals surface area contributed by atoms with Gasteiger partial charge in [0.2, 0.25) is 0 Å². The highest BCUT2D eigenvalue weighted by atomic mass is 35.5. The van der Waals surface area contributed by atoms with Crippen molar-refractivity contribution in [2.75, 3.05) is 0 Å². The number of hydrogen-bond acceptors (Lipinski definition) is 3. The largest absolute Gasteiger partial charge is 0.292 e. The molecule has 0 radical (unpaired) electrons. The Balaban J connectivity index is 2.27. The van der Waals surface area contributed by atoms with Gasteiger partial charge < -0.3 is 0 Å². The number of thiophene rings is 1. The highest BCUT2D eigenvalue weighted by Gasteiger charge is 2.17. The summed E-state index contributed by atoms with van der Waals surface area (Å²) in [5, 5.41) is 4.33. The third kappa shape index (κ3) is 2.46. The molecule has 0 aliphatic heterocycles. The van der Waals surface area contributed by atoms with Gasteiger partial charge in [-0.25, -0.2) is 0 Å². The van der Waals surface area contributed by atoms with Gasteiger partial charge in [-0.3, -0.25) is 9.48 Å². The van der Waals surface area contributed by atoms with Crippen molar-refractivity contribution in [2.45, 2.75) is 27.3 Å². The number of aromatic nitrogens is 2. The normalized spacial score (nSPS) is 10.9. The van der Waals surface area contributed by atoms with Gasteiger partial charge in [-0.1, -0.05) is 23.2 Å². The zero-order valence-electron chi connectivity index (χ0n) is 10.3. The van der Waals surface area contributed by atoms with Crippen LogP contribution in [-0.2, 0) is 6.54 Å². The molecular weight excluding hydrogens is 291 g/mol. The molecule has 0 saturated carbocycles. The number of carbonyl (C=O) groups is 1. The van der Waals surface area contributed by atoms with E-state index in [0.717, 1.165) is 17.0 Å². The maximum Gasteiger partial charge on any atom is 0.186 e. The molecule has 0 saturated heterocycles. The van der Waals surface area contributed by atoms with Crippen LogP contribution in [0.4, 0.5) is 0 Å². The summed E-state index contributed by atoms with van der Waals surface area (Å²) in [6.45, 7) is 6.06. The molecule has 0 aromatic carbocycles. The number of carbonyl (C=O) groups excluding carboxylic acids is 1. The molecule has 0 bridgehead atoms. The van der Waals surface area contributed by atoms with Gasteiger partial charge in [-0.05, 0) is 32.4 Å². The quantitative estimate of drug-likeness (QED) is 0.801. The van der Waals surface area contributed by atoms with Crippen LogP contribution < -0.4 is 0 Å². The van der Waals surface area contributed by atoms with Crippen LogP contribution in [0.25, 0.3) is 0 Å². The number of aryl methyl sites for hydroxylation is 1. The maximum absolute atomic E-state index is 12.1. The lowest BCUT2D eigenvalue weighted by atomic mass is 10.2. The van der Waals surface area contributed by atoms with Crippen LogP contribution >= 0.6 is 34.5 Å². The molecule has 3 nitrogen and oxygen atoms in total. The van der Waals surface area contributed by atoms with E-state index >= 15 is 0 Å². The Bertz CT molecular complexity index is 616. The minimum Gasteiger partial charge on any atom is -0.292 e. The van der Waals surface area contributed by atoms with Crippen LogP contribution in [0.1, 0.15) is 27.3 Å². The third-order valence-corrected chi connectivity index (χ3v) is 4.48. The minimum atomic E-state index is -0.0752. The van der Waals surface area contributed by atoms with E-state index in [0.29, 0.717) is 14.2 Å². The van der Waals surface area contributed by atoms with E-state index in [-0.39, 0.29) is 12.3 Å². The van der Waals surface area contributed by atoms with Crippen LogP contribution in [0, 0.1) is 20.8 Å². The van der Waals surface area contributed by atoms with E-state index in [1.54, 1.807) is 10.7 Å². The molecule has 0 aliphatic carbocycles. The smallest absolute Gasteiger partial charge is 0.186 e. The summed E-state index contributed by atoms with van der Waals surface area (Å²) < 4.78 is 2.66. The lowest BCUT2D eigenvalue weighted by Gasteiger charge is -2.03. The second-order valence-electron chi connectivity index (χ2n) is 4.11. The van der Waals surface area contributed by atoms with Gasteiger partial charge in [0.25, 0.3) is 0 Å². The average Bonchev–Trinajstić information content (AvgIpc) is 2.75. The van der Waals surface area contributed by atoms with Gasteiger partial charge in [0, 0.05) is 5.69 Å². The van der Waals surface area contributed by atoms with Crippen molar-refractivity contribution < 1.29 is 4.79 Å². The fourth-order valence-corrected chi connectivity index (χ4v) is 3.19. The Labute approximate surface area is 119 Å². The topological polar surface area (TPSA) is 34.9 Å². The third-order valence-electron chi connectivity index (χ3n) is 2.99. The zero-order valence-corrected chi connectivity index (χ0v) is 12.6. The number of Topliss-reactive ketones (excluding diaryl/α,β-unsaturated/α-hetero) is 1. The molecule has 2 heterocycles. The molecule has 0 unspecified atom stereocenters. The van der Waals surface area contributed by atoms with Crippen molar-refractivity contribution in [1.82, 2.24) is 9.78 Å². The average molecular weight is 303 g/mol. The highest BCUT2D eigenvalue weighted by molar-refractivity contribution is 7.20. The van der Waals surface area contributed by atoms with Crippen LogP contribution in [0.2, 0.25) is 8.67 Å². The van der Waals surface area contributed by atoms with E-state index in [4.69, 9.17) is 23.2 Å². The summed E-state index contributed by atoms with van der Waals surface area (Å²) in [7, 11) is 0. The van der Waals surface area contributed by atoms with Gasteiger partial charge in [-0.15, -0.1) is 11.3 Å². The first-order chi connectivity index (χ1) is 8.40. The lowest BCUT2D eigenvalue weighted by Crippen LogP contribution is -2.12. The van der Waals surface area contributed by atoms with Gasteiger partial charge in [0.1, 0.15) is 10.9 Å². The molecule has 0 aliphatic rings. The first-order valence-electron chi connectivity index (χ1n) is 5.38. The van der Waals surface area contributed by atoms with Crippen molar-refractivity contribution in [2.24, 2.45) is 0 Å². The fraction of sp³-hybridized carbons (Fsp3) is 0.333. The lowest BCUT2D eigenvalue weighted by molar-refractivity contribution is 0.0967. The van der Waals surface area contributed by atoms with Gasteiger partial charge in [0.05, 0.1) is 15.6 Å². The van der Waals surface area contributed by atoms with E-state index in [2.05, 4.69) is 5.10 Å². The fourth-order valence-electron chi connectivity index (χ4n) is 1.69. The molecule has 2 rings (SSSR count). The molecule has 0 N–H and O–H groups in total. The second-order valence-corrected chi connectivity index (χ2v) is 6.40. The van der Waals surface area contributed by atoms with Crippen LogP contribution in [-0.4, -0.2) is 15.6 Å². The number of ketones is 1. The molecule has 0 fully saturated rings. The van der Waals surface area contributed by atoms with Crippen molar-refractivity contribution >= 4 is 40.3 Å². The predicted octanol–water partition coefficient (Wildman–Crippen LogP) is 4.06. The molecule has 2 aromatic heterocycles. The SMILES string of the molecule is Cc1nn(CC(=O)c2cc(Cl)sc2Cl)c(C)c1C. The van der Waals surface area contributed by atoms with Crippen molar-refractivity contribution in [1.29, 1.82) is 0 Å². The summed E-state index contributed by atoms with van der Waals surface area (Å²) in [5.41, 5.74) is 3.52. The van der Waals surface area contributed by atoms with Crippen LogP contribution in [0.5, 0.6) is 0 Å². The molecule has 0 amide bonds. The summed E-state index contributed by atoms with van der Waals surface area (Å²) in [6, 6.07) is 1.61. The number of nitrogens with zero attached hydrogens (tertiary/aromatic N) is 2. The van der Waals surface area contributed by atoms with Gasteiger partial charge in [-0.2, -0.15) is 5.10 Å². The Kier molecular flexibility index (Phi) is 3.80. The molecule has 2 aromatic rings. The number of rotatable bonds is 3. The van der Waals surface area contributed by atoms with Gasteiger partial charge in [0.15, 0.2) is 5.78 Å². The number of halogens is 2. The summed E-state index contributed by atoms with van der Waals surface area (Å²) >= 11 is 13.0. The Hall–Kier alpha value is -0.840. The van der Waals surface area contributed by atoms with E-state index < -0.39 is 0 Å². The summed E-state index contributed by atoms with van der Waals surface area (Å²) in [4.78, 5) is 12.1. The van der Waals surface area contributed by atoms with Crippen molar-refractivity contribution in [3.63, 3.8) is 0 Å². The molecule has 0 atom stereocenters. The van der Waals surface area contributed by atoms with Crippen molar-refractivity contribution in [3.8, 4) is 0 Å². The van der Waals surface area contributed by atoms with Gasteiger partial charge >= 0.3 is 0 Å². The minimum absolute atomic E-state index is 0.0752. The maximum atomic E-state index is 12.1. The number of hydrogen-bond donors (Lipinski definition) is 0. The van der Waals surface area contributed by atoms with Crippen LogP contribution in [0.3, 0.4) is 0 Å². The Morgan fingerprint density at radius 3 is 2.50 bits per heavy atom. The monoisotopic (exact) mass is 302 g/mol. The summed E-state index contributed by atoms with van der Waals surface area (Å²) in [5.74, 6) is -0.0752. The molecule has 0 spiro atoms. The molecular formula is C12H12Cl2N2OS. The van der Waals surface area contributed by atoms with Crippen LogP contribution in [0.15, 0.2) is 6.07 Å². The first kappa shape index (κ1) is 13.6. The van der Waals surface area contributed by atoms with Crippen molar-refractivity contribution in [3.05, 3.63) is 37.3 Å². The predicted molar refractivity (Wildman–Crippen MR) is 75.1 cm³/mol. The first-order valence-corrected chi connectivity index (χ1v) is 6.96. The zero-order chi connectivity index (χ0) is 13.4. The van der Waals surface area contributed by atoms with E-state index in [1.807, 2.05) is 20.8 Å². The Morgan fingerprint density at radius 1 is 1.39 bits per heavy atom. The molecule has 6 heteroatoms. The second kappa shape index (κ2) is 5.03. The molecule has 18 heavy (non-hydrogen) atoms.